The number of nitrogens with one attached hydrogen (secondary N) is 3. The van der Waals surface area contributed by atoms with Crippen LogP contribution in [0.25, 0.3) is 0 Å². The third kappa shape index (κ3) is 13.9. The number of aliphatic carboxylic acids is 2. The first kappa shape index (κ1) is 64.2. The minimum Gasteiger partial charge on any atom is -0.477 e. The molecule has 0 radical (unpaired) electrons. The predicted molar refractivity (Wildman–Crippen MR) is 236 cm³/mol. The molecule has 5 heterocycles. The highest BCUT2D eigenvalue weighted by atomic mass is 16.8. The molecule has 5 saturated heterocycles. The van der Waals surface area contributed by atoms with Gasteiger partial charge in [-0.3, -0.25) is 14.4 Å². The SMILES string of the molecule is CC(=O)N[C@H]1[C@H](O[C@@H]2[C@H](O[C@]3(C(=O)O)C[C@H](O)[C@@H](NC(C)=O)C([C@H](O)[C@@H](CO)O[C@]4(C(=O)O)C[C@H](O)[C@@H](NC(C)=O)C([C@H](O)[C@H](O)CO)O4)O3)[C@@H](O)[C@H](O[C@H]3[C@H](O)[C@@H](O)[C@H](O)O[C@@H]3CO)O[C@@H]2CO)O[C@H](CO)[C@H](O)[C@@H]1O. The summed E-state index contributed by atoms with van der Waals surface area (Å²) < 4.78 is 51.5. The molecule has 0 aliphatic carbocycles. The van der Waals surface area contributed by atoms with Gasteiger partial charge in [0.05, 0.1) is 57.3 Å². The molecule has 35 nitrogen and oxygen atoms in total. The Balaban J connectivity index is 1.61. The highest BCUT2D eigenvalue weighted by molar-refractivity contribution is 5.77. The van der Waals surface area contributed by atoms with Gasteiger partial charge >= 0.3 is 11.9 Å². The number of carboxylic acids is 2. The molecule has 77 heavy (non-hydrogen) atoms. The van der Waals surface area contributed by atoms with Crippen molar-refractivity contribution >= 4 is 29.7 Å². The number of amides is 3. The van der Waals surface area contributed by atoms with Gasteiger partial charge in [-0.25, -0.2) is 9.59 Å². The highest BCUT2D eigenvalue weighted by Crippen LogP contribution is 2.42. The fourth-order valence-electron chi connectivity index (χ4n) is 9.64. The molecule has 0 aromatic heterocycles. The van der Waals surface area contributed by atoms with Crippen LogP contribution in [0.4, 0.5) is 0 Å². The van der Waals surface area contributed by atoms with Crippen molar-refractivity contribution in [2.75, 3.05) is 33.0 Å². The quantitative estimate of drug-likeness (QED) is 0.0479. The molecule has 35 heteroatoms. The lowest BCUT2D eigenvalue weighted by atomic mass is 9.87. The van der Waals surface area contributed by atoms with Crippen molar-refractivity contribution in [3.8, 4) is 0 Å². The Labute approximate surface area is 434 Å². The number of ether oxygens (including phenoxy) is 9. The molecule has 0 spiro atoms. The number of carbonyl (C=O) groups excluding carboxylic acids is 3. The summed E-state index contributed by atoms with van der Waals surface area (Å²) in [5.74, 6) is -14.1. The van der Waals surface area contributed by atoms with E-state index in [1.54, 1.807) is 0 Å². The summed E-state index contributed by atoms with van der Waals surface area (Å²) in [4.78, 5) is 63.9. The van der Waals surface area contributed by atoms with Crippen molar-refractivity contribution in [1.82, 2.24) is 16.0 Å². The maximum atomic E-state index is 13.7. The van der Waals surface area contributed by atoms with Crippen LogP contribution in [-0.4, -0.2) is 319 Å². The second-order valence-electron chi connectivity index (χ2n) is 19.0. The van der Waals surface area contributed by atoms with Gasteiger partial charge in [-0.15, -0.1) is 0 Å². The normalized spacial score (nSPS) is 43.2. The Morgan fingerprint density at radius 3 is 1.49 bits per heavy atom. The fourth-order valence-corrected chi connectivity index (χ4v) is 9.64. The monoisotopic (exact) mass is 1130 g/mol. The van der Waals surface area contributed by atoms with Crippen LogP contribution in [0.3, 0.4) is 0 Å². The first-order valence-corrected chi connectivity index (χ1v) is 23.9. The second kappa shape index (κ2) is 26.7. The van der Waals surface area contributed by atoms with Gasteiger partial charge < -0.3 is 150 Å². The molecule has 0 bridgehead atoms. The van der Waals surface area contributed by atoms with Gasteiger partial charge in [0, 0.05) is 33.6 Å². The van der Waals surface area contributed by atoms with E-state index in [4.69, 9.17) is 42.6 Å². The van der Waals surface area contributed by atoms with Crippen LogP contribution in [0.2, 0.25) is 0 Å². The predicted octanol–water partition coefficient (Wildman–Crippen LogP) is -13.1. The molecular formula is C42H69N3O32. The minimum atomic E-state index is -3.53. The van der Waals surface area contributed by atoms with Crippen LogP contribution < -0.4 is 16.0 Å². The average molecular weight is 1130 g/mol. The van der Waals surface area contributed by atoms with Gasteiger partial charge in [-0.05, 0) is 0 Å². The van der Waals surface area contributed by atoms with E-state index in [-0.39, 0.29) is 0 Å². The molecule has 0 saturated carbocycles. The van der Waals surface area contributed by atoms with Crippen molar-refractivity contribution in [2.45, 2.75) is 198 Å². The number of aliphatic hydroxyl groups is 16. The summed E-state index contributed by atoms with van der Waals surface area (Å²) in [5.41, 5.74) is 0. The van der Waals surface area contributed by atoms with E-state index in [1.807, 2.05) is 0 Å². The van der Waals surface area contributed by atoms with Crippen LogP contribution in [-0.2, 0) is 66.6 Å². The third-order valence-corrected chi connectivity index (χ3v) is 13.5. The highest BCUT2D eigenvalue weighted by Gasteiger charge is 2.63. The summed E-state index contributed by atoms with van der Waals surface area (Å²) in [6, 6.07) is -5.55. The standard InChI is InChI=1S/C42H69N3O32/c1-11(51)43-21-14(54)4-41(39(65)66,75-33(21)24(57)16(56)6-46)74-18(8-48)26(59)34-22(44-12(2)52)15(55)5-42(76-34,40(67)68)77-35-30(63)38(72-31-19(9-49)69-36(64)29(62)28(31)61)71-20(10-50)32(35)73-37-23(45-13(3)53)27(60)25(58)17(7-47)70-37/h14-38,46-50,54-64H,4-10H2,1-3H3,(H,43,51)(H,44,52)(H,45,53)(H,65,66)(H,67,68)/t14-,15-,16+,17+,18+,19+,20+,21+,22+,23+,24+,25-,26+,27+,28+,29+,30+,31+,32-,33?,34?,35+,36+,37-,38-,41+,42-/m0/s1. The van der Waals surface area contributed by atoms with Gasteiger partial charge in [-0.1, -0.05) is 0 Å². The summed E-state index contributed by atoms with van der Waals surface area (Å²) in [6.45, 7) is -3.24. The van der Waals surface area contributed by atoms with Crippen molar-refractivity contribution < 1.29 is 159 Å². The number of carbonyl (C=O) groups is 5. The van der Waals surface area contributed by atoms with Crippen LogP contribution >= 0.6 is 0 Å². The Kier molecular flexibility index (Phi) is 22.3. The van der Waals surface area contributed by atoms with Crippen molar-refractivity contribution in [3.05, 3.63) is 0 Å². The van der Waals surface area contributed by atoms with Crippen LogP contribution in [0.15, 0.2) is 0 Å². The Morgan fingerprint density at radius 2 is 1.00 bits per heavy atom. The van der Waals surface area contributed by atoms with E-state index in [0.29, 0.717) is 0 Å². The molecular weight excluding hydrogens is 1060 g/mol. The number of rotatable bonds is 22. The van der Waals surface area contributed by atoms with Crippen LogP contribution in [0.1, 0.15) is 33.6 Å². The summed E-state index contributed by atoms with van der Waals surface area (Å²) in [6.07, 6.45) is -50.7. The van der Waals surface area contributed by atoms with Gasteiger partial charge in [0.25, 0.3) is 11.6 Å². The van der Waals surface area contributed by atoms with Crippen LogP contribution in [0.5, 0.6) is 0 Å². The topological polar surface area (TPSA) is 569 Å². The van der Waals surface area contributed by atoms with E-state index in [1.165, 1.54) is 0 Å². The number of carboxylic acid groups (broad SMARTS) is 2. The molecule has 2 unspecified atom stereocenters. The Morgan fingerprint density at radius 1 is 0.532 bits per heavy atom. The van der Waals surface area contributed by atoms with Crippen molar-refractivity contribution in [3.63, 3.8) is 0 Å². The maximum Gasteiger partial charge on any atom is 0.364 e. The zero-order valence-electron chi connectivity index (χ0n) is 41.1. The Hall–Kier alpha value is -3.65. The fraction of sp³-hybridized carbons (Fsp3) is 0.881. The molecule has 27 atom stereocenters. The van der Waals surface area contributed by atoms with Crippen molar-refractivity contribution in [2.24, 2.45) is 0 Å². The van der Waals surface area contributed by atoms with E-state index in [2.05, 4.69) is 16.0 Å². The lowest BCUT2D eigenvalue weighted by molar-refractivity contribution is -0.401. The minimum absolute atomic E-state index is 0.873. The molecule has 444 valence electrons. The summed E-state index contributed by atoms with van der Waals surface area (Å²) in [7, 11) is 0. The molecule has 5 fully saturated rings. The van der Waals surface area contributed by atoms with E-state index in [9.17, 15) is 116 Å². The van der Waals surface area contributed by atoms with Crippen molar-refractivity contribution in [1.29, 1.82) is 0 Å². The van der Waals surface area contributed by atoms with Gasteiger partial charge in [-0.2, -0.15) is 0 Å². The zero-order chi connectivity index (χ0) is 57.8. The lowest BCUT2D eigenvalue weighted by Gasteiger charge is -2.52. The third-order valence-electron chi connectivity index (χ3n) is 13.5. The second-order valence-corrected chi connectivity index (χ2v) is 19.0. The van der Waals surface area contributed by atoms with E-state index >= 15 is 0 Å². The zero-order valence-corrected chi connectivity index (χ0v) is 41.1. The smallest absolute Gasteiger partial charge is 0.364 e. The van der Waals surface area contributed by atoms with Gasteiger partial charge in [0.1, 0.15) is 110 Å². The molecule has 0 aromatic rings. The molecule has 0 aromatic carbocycles. The van der Waals surface area contributed by atoms with E-state index < -0.39 is 240 Å². The molecule has 5 aliphatic heterocycles. The van der Waals surface area contributed by atoms with Gasteiger partial charge in [0.2, 0.25) is 17.7 Å². The molecule has 21 N–H and O–H groups in total. The van der Waals surface area contributed by atoms with Crippen LogP contribution in [0, 0.1) is 0 Å². The molecule has 5 rings (SSSR count). The number of hydrogen-bond donors (Lipinski definition) is 21. The number of aliphatic hydroxyl groups excluding tert-OH is 16. The largest absolute Gasteiger partial charge is 0.477 e. The summed E-state index contributed by atoms with van der Waals surface area (Å²) in [5, 5.41) is 201. The average Bonchev–Trinajstić information content (AvgIpc) is 3.38. The van der Waals surface area contributed by atoms with E-state index in [0.717, 1.165) is 20.8 Å². The van der Waals surface area contributed by atoms with Gasteiger partial charge in [0.15, 0.2) is 18.9 Å². The number of hydrogen-bond acceptors (Lipinski definition) is 30. The lowest BCUT2D eigenvalue weighted by Crippen LogP contribution is -2.72. The first-order chi connectivity index (χ1) is 36.0. The maximum absolute atomic E-state index is 13.7. The Bertz CT molecular complexity index is 2000. The molecule has 5 aliphatic rings. The first-order valence-electron chi connectivity index (χ1n) is 23.9. The summed E-state index contributed by atoms with van der Waals surface area (Å²) >= 11 is 0. The molecule has 3 amide bonds.